The number of anilines is 1. The lowest BCUT2D eigenvalue weighted by Crippen LogP contribution is -2.43. The van der Waals surface area contributed by atoms with E-state index in [0.29, 0.717) is 22.1 Å². The average molecular weight is 495 g/mol. The van der Waals surface area contributed by atoms with E-state index in [-0.39, 0.29) is 5.52 Å². The maximum absolute atomic E-state index is 14.5. The van der Waals surface area contributed by atoms with Gasteiger partial charge in [-0.2, -0.15) is 0 Å². The summed E-state index contributed by atoms with van der Waals surface area (Å²) in [6.07, 6.45) is 10.6. The van der Waals surface area contributed by atoms with Crippen molar-refractivity contribution in [2.24, 2.45) is 5.41 Å². The Labute approximate surface area is 214 Å². The summed E-state index contributed by atoms with van der Waals surface area (Å²) < 4.78 is 30.5. The molecule has 1 spiro atoms. The number of rotatable bonds is 3. The normalized spacial score (nSPS) is 17.0. The number of piperidine rings is 1. The van der Waals surface area contributed by atoms with Crippen LogP contribution in [0.2, 0.25) is 0 Å². The zero-order valence-corrected chi connectivity index (χ0v) is 20.8. The first kappa shape index (κ1) is 22.4. The Balaban J connectivity index is 1.20. The van der Waals surface area contributed by atoms with Crippen molar-refractivity contribution in [3.05, 3.63) is 84.3 Å². The fourth-order valence-electron chi connectivity index (χ4n) is 6.23. The first-order valence-electron chi connectivity index (χ1n) is 13.1. The largest absolute Gasteiger partial charge is 0.371 e. The molecular formula is C31H28F2N4. The van der Waals surface area contributed by atoms with Crippen molar-refractivity contribution in [2.45, 2.75) is 39.0 Å². The molecule has 0 bridgehead atoms. The molecule has 0 amide bonds. The molecule has 1 saturated heterocycles. The third-order valence-corrected chi connectivity index (χ3v) is 8.55. The Morgan fingerprint density at radius 3 is 2.38 bits per heavy atom. The van der Waals surface area contributed by atoms with E-state index in [0.717, 1.165) is 41.6 Å². The number of halogens is 2. The maximum atomic E-state index is 14.5. The summed E-state index contributed by atoms with van der Waals surface area (Å²) >= 11 is 0. The molecule has 1 saturated carbocycles. The molecule has 186 valence electrons. The van der Waals surface area contributed by atoms with Crippen molar-refractivity contribution in [3.8, 4) is 22.4 Å². The third kappa shape index (κ3) is 3.78. The Morgan fingerprint density at radius 2 is 1.65 bits per heavy atom. The van der Waals surface area contributed by atoms with Gasteiger partial charge < -0.3 is 4.90 Å². The molecule has 4 nitrogen and oxygen atoms in total. The van der Waals surface area contributed by atoms with Crippen LogP contribution in [0.1, 0.15) is 37.8 Å². The van der Waals surface area contributed by atoms with Crippen molar-refractivity contribution in [1.82, 2.24) is 14.4 Å². The van der Waals surface area contributed by atoms with Crippen LogP contribution in [0.3, 0.4) is 0 Å². The lowest BCUT2D eigenvalue weighted by molar-refractivity contribution is 0.0955. The van der Waals surface area contributed by atoms with Gasteiger partial charge in [-0.1, -0.05) is 18.6 Å². The summed E-state index contributed by atoms with van der Waals surface area (Å²) in [5.41, 5.74) is 7.24. The summed E-state index contributed by atoms with van der Waals surface area (Å²) in [6, 6.07) is 17.0. The highest BCUT2D eigenvalue weighted by molar-refractivity contribution is 5.94. The van der Waals surface area contributed by atoms with Crippen LogP contribution in [0.25, 0.3) is 38.9 Å². The summed E-state index contributed by atoms with van der Waals surface area (Å²) in [5, 5.41) is 0.436. The predicted molar refractivity (Wildman–Crippen MR) is 144 cm³/mol. The fourth-order valence-corrected chi connectivity index (χ4v) is 6.23. The lowest BCUT2D eigenvalue weighted by Gasteiger charge is -2.48. The zero-order chi connectivity index (χ0) is 25.1. The van der Waals surface area contributed by atoms with E-state index in [4.69, 9.17) is 0 Å². The third-order valence-electron chi connectivity index (χ3n) is 8.55. The van der Waals surface area contributed by atoms with Gasteiger partial charge in [0.25, 0.3) is 0 Å². The molecule has 2 fully saturated rings. The van der Waals surface area contributed by atoms with Gasteiger partial charge in [0.1, 0.15) is 17.0 Å². The van der Waals surface area contributed by atoms with Crippen molar-refractivity contribution < 1.29 is 8.78 Å². The quantitative estimate of drug-likeness (QED) is 0.259. The molecule has 5 aromatic rings. The molecule has 0 N–H and O–H groups in total. The molecule has 3 aromatic heterocycles. The van der Waals surface area contributed by atoms with E-state index in [9.17, 15) is 8.78 Å². The van der Waals surface area contributed by atoms with Crippen LogP contribution in [-0.4, -0.2) is 27.5 Å². The minimum atomic E-state index is -0.661. The minimum Gasteiger partial charge on any atom is -0.371 e. The molecule has 37 heavy (non-hydrogen) atoms. The fraction of sp³-hybridized carbons (Fsp3) is 0.290. The van der Waals surface area contributed by atoms with Crippen molar-refractivity contribution >= 4 is 22.2 Å². The van der Waals surface area contributed by atoms with E-state index < -0.39 is 11.6 Å². The molecule has 0 atom stereocenters. The van der Waals surface area contributed by atoms with Crippen LogP contribution in [0.4, 0.5) is 14.5 Å². The molecule has 0 radical (unpaired) electrons. The van der Waals surface area contributed by atoms with E-state index in [1.54, 1.807) is 6.20 Å². The summed E-state index contributed by atoms with van der Waals surface area (Å²) in [4.78, 5) is 11.4. The van der Waals surface area contributed by atoms with Gasteiger partial charge in [0.05, 0.1) is 11.9 Å². The van der Waals surface area contributed by atoms with Crippen molar-refractivity contribution in [1.29, 1.82) is 0 Å². The molecule has 2 aliphatic rings. The number of nitrogens with zero attached hydrogens (tertiary/aromatic N) is 4. The highest BCUT2D eigenvalue weighted by Crippen LogP contribution is 2.49. The summed E-state index contributed by atoms with van der Waals surface area (Å²) in [6.45, 7) is 4.12. The smallest absolute Gasteiger partial charge is 0.152 e. The van der Waals surface area contributed by atoms with Gasteiger partial charge in [-0.15, -0.1) is 0 Å². The Kier molecular flexibility index (Phi) is 5.07. The SMILES string of the molecule is Cc1cc(-c2cnc3cc(-c4ccc(N5CCC6(CCC6)CC5)cc4)ccn23)c2cc(F)cc(F)c2n1. The maximum Gasteiger partial charge on any atom is 0.152 e. The lowest BCUT2D eigenvalue weighted by atomic mass is 9.63. The Morgan fingerprint density at radius 1 is 0.865 bits per heavy atom. The van der Waals surface area contributed by atoms with Gasteiger partial charge in [-0.25, -0.2) is 18.7 Å². The number of aryl methyl sites for hydroxylation is 1. The number of pyridine rings is 2. The van der Waals surface area contributed by atoms with Crippen LogP contribution in [0.15, 0.2) is 67.0 Å². The first-order valence-corrected chi connectivity index (χ1v) is 13.1. The van der Waals surface area contributed by atoms with Gasteiger partial charge in [0.2, 0.25) is 0 Å². The molecule has 6 heteroatoms. The standard InChI is InChI=1S/C31H28F2N4/c1-20-15-25(26-17-23(32)18-27(33)30(26)35-20)28-19-34-29-16-22(7-12-37(28)29)21-3-5-24(6-4-21)36-13-10-31(11-14-36)8-2-9-31/h3-7,12,15-19H,2,8-11,13-14H2,1H3. The summed E-state index contributed by atoms with van der Waals surface area (Å²) in [7, 11) is 0. The van der Waals surface area contributed by atoms with Gasteiger partial charge >= 0.3 is 0 Å². The molecule has 0 unspecified atom stereocenters. The van der Waals surface area contributed by atoms with E-state index in [1.807, 2.05) is 23.6 Å². The monoisotopic (exact) mass is 494 g/mol. The topological polar surface area (TPSA) is 33.4 Å². The van der Waals surface area contributed by atoms with E-state index >= 15 is 0 Å². The zero-order valence-electron chi connectivity index (χ0n) is 20.8. The van der Waals surface area contributed by atoms with Crippen LogP contribution in [-0.2, 0) is 0 Å². The van der Waals surface area contributed by atoms with Crippen LogP contribution >= 0.6 is 0 Å². The number of hydrogen-bond donors (Lipinski definition) is 0. The van der Waals surface area contributed by atoms with Gasteiger partial charge in [0.15, 0.2) is 5.82 Å². The number of aromatic nitrogens is 3. The van der Waals surface area contributed by atoms with E-state index in [1.165, 1.54) is 43.9 Å². The summed E-state index contributed by atoms with van der Waals surface area (Å²) in [5.74, 6) is -1.28. The van der Waals surface area contributed by atoms with E-state index in [2.05, 4.69) is 51.3 Å². The van der Waals surface area contributed by atoms with Crippen molar-refractivity contribution in [2.75, 3.05) is 18.0 Å². The highest BCUT2D eigenvalue weighted by atomic mass is 19.1. The second kappa shape index (κ2) is 8.37. The molecule has 1 aliphatic carbocycles. The highest BCUT2D eigenvalue weighted by Gasteiger charge is 2.39. The first-order chi connectivity index (χ1) is 18.0. The Bertz CT molecular complexity index is 1640. The molecular weight excluding hydrogens is 466 g/mol. The number of hydrogen-bond acceptors (Lipinski definition) is 3. The Hall–Kier alpha value is -3.80. The molecule has 4 heterocycles. The average Bonchev–Trinajstić information content (AvgIpc) is 3.31. The van der Waals surface area contributed by atoms with Crippen LogP contribution < -0.4 is 4.90 Å². The van der Waals surface area contributed by atoms with Crippen molar-refractivity contribution in [3.63, 3.8) is 0 Å². The second-order valence-corrected chi connectivity index (χ2v) is 10.8. The predicted octanol–water partition coefficient (Wildman–Crippen LogP) is 7.57. The van der Waals surface area contributed by atoms with Gasteiger partial charge in [-0.3, -0.25) is 4.40 Å². The van der Waals surface area contributed by atoms with Gasteiger partial charge in [0, 0.05) is 47.7 Å². The number of fused-ring (bicyclic) bond motifs is 2. The second-order valence-electron chi connectivity index (χ2n) is 10.8. The molecule has 1 aliphatic heterocycles. The molecule has 2 aromatic carbocycles. The number of benzene rings is 2. The van der Waals surface area contributed by atoms with Crippen LogP contribution in [0, 0.1) is 24.0 Å². The van der Waals surface area contributed by atoms with Gasteiger partial charge in [-0.05, 0) is 85.5 Å². The molecule has 7 rings (SSSR count). The van der Waals surface area contributed by atoms with Crippen LogP contribution in [0.5, 0.6) is 0 Å². The minimum absolute atomic E-state index is 0.166. The number of imidazole rings is 1.